The number of hydrogen-bond acceptors (Lipinski definition) is 1. The zero-order chi connectivity index (χ0) is 13.4. The number of aromatic nitrogens is 2. The van der Waals surface area contributed by atoms with Gasteiger partial charge in [0.15, 0.2) is 0 Å². The molecule has 19 heavy (non-hydrogen) atoms. The van der Waals surface area contributed by atoms with Crippen molar-refractivity contribution in [1.29, 1.82) is 0 Å². The molecule has 102 valence electrons. The van der Waals surface area contributed by atoms with Gasteiger partial charge >= 0.3 is 0 Å². The van der Waals surface area contributed by atoms with Crippen molar-refractivity contribution in [2.75, 3.05) is 5.88 Å². The summed E-state index contributed by atoms with van der Waals surface area (Å²) in [4.78, 5) is 4.81. The highest BCUT2D eigenvalue weighted by Crippen LogP contribution is 2.37. The Morgan fingerprint density at radius 2 is 2.26 bits per heavy atom. The van der Waals surface area contributed by atoms with Gasteiger partial charge in [0.2, 0.25) is 0 Å². The van der Waals surface area contributed by atoms with E-state index in [0.29, 0.717) is 11.9 Å². The van der Waals surface area contributed by atoms with E-state index in [1.807, 2.05) is 0 Å². The molecular weight excluding hydrogens is 371 g/mol. The first kappa shape index (κ1) is 13.7. The lowest BCUT2D eigenvalue weighted by Crippen LogP contribution is -2.10. The van der Waals surface area contributed by atoms with Crippen LogP contribution in [-0.2, 0) is 6.42 Å². The molecule has 0 radical (unpaired) electrons. The third-order valence-electron chi connectivity index (χ3n) is 4.07. The zero-order valence-corrected chi connectivity index (χ0v) is 14.0. The van der Waals surface area contributed by atoms with E-state index < -0.39 is 0 Å². The largest absolute Gasteiger partial charge is 0.325 e. The number of hydrogen-bond donors (Lipinski definition) is 0. The first-order valence-electron chi connectivity index (χ1n) is 6.91. The van der Waals surface area contributed by atoms with Crippen LogP contribution in [0.4, 0.5) is 0 Å². The fourth-order valence-corrected chi connectivity index (χ4v) is 3.85. The summed E-state index contributed by atoms with van der Waals surface area (Å²) in [5.74, 6) is 2.63. The lowest BCUT2D eigenvalue weighted by Gasteiger charge is -2.16. The highest BCUT2D eigenvalue weighted by molar-refractivity contribution is 14.1. The molecule has 1 heterocycles. The van der Waals surface area contributed by atoms with Crippen molar-refractivity contribution in [2.24, 2.45) is 5.92 Å². The van der Waals surface area contributed by atoms with Gasteiger partial charge in [0.05, 0.1) is 11.0 Å². The van der Waals surface area contributed by atoms with Crippen LogP contribution in [0, 0.1) is 9.49 Å². The molecule has 2 nitrogen and oxygen atoms in total. The normalized spacial score (nSPS) is 23.3. The fourth-order valence-electron chi connectivity index (χ4n) is 3.20. The quantitative estimate of drug-likeness (QED) is 0.546. The van der Waals surface area contributed by atoms with Gasteiger partial charge in [-0.15, -0.1) is 11.6 Å². The van der Waals surface area contributed by atoms with E-state index in [2.05, 4.69) is 52.3 Å². The summed E-state index contributed by atoms with van der Waals surface area (Å²) in [5, 5.41) is 0. The second-order valence-electron chi connectivity index (χ2n) is 5.54. The van der Waals surface area contributed by atoms with Crippen LogP contribution in [0.3, 0.4) is 0 Å². The Kier molecular flexibility index (Phi) is 4.03. The highest BCUT2D eigenvalue weighted by Gasteiger charge is 2.26. The van der Waals surface area contributed by atoms with Gasteiger partial charge in [-0.2, -0.15) is 0 Å². The summed E-state index contributed by atoms with van der Waals surface area (Å²) in [6, 6.07) is 7.16. The van der Waals surface area contributed by atoms with Crippen molar-refractivity contribution >= 4 is 45.2 Å². The Morgan fingerprint density at radius 3 is 2.95 bits per heavy atom. The molecule has 2 aromatic rings. The monoisotopic (exact) mass is 388 g/mol. The number of alkyl halides is 1. The van der Waals surface area contributed by atoms with E-state index in [4.69, 9.17) is 16.6 Å². The predicted octanol–water partition coefficient (Wildman–Crippen LogP) is 4.78. The summed E-state index contributed by atoms with van der Waals surface area (Å²) < 4.78 is 3.70. The van der Waals surface area contributed by atoms with Crippen molar-refractivity contribution in [3.8, 4) is 0 Å². The van der Waals surface area contributed by atoms with Gasteiger partial charge in [-0.25, -0.2) is 4.98 Å². The second kappa shape index (κ2) is 5.60. The first-order valence-corrected chi connectivity index (χ1v) is 8.52. The number of benzene rings is 1. The molecule has 2 unspecified atom stereocenters. The minimum atomic E-state index is 0.610. The van der Waals surface area contributed by atoms with Crippen LogP contribution in [0.25, 0.3) is 11.0 Å². The molecule has 0 amide bonds. The number of halogens is 2. The van der Waals surface area contributed by atoms with Crippen molar-refractivity contribution < 1.29 is 0 Å². The topological polar surface area (TPSA) is 17.8 Å². The molecule has 4 heteroatoms. The number of rotatable bonds is 3. The van der Waals surface area contributed by atoms with Gasteiger partial charge in [-0.05, 0) is 66.0 Å². The van der Waals surface area contributed by atoms with Crippen LogP contribution >= 0.6 is 34.2 Å². The van der Waals surface area contributed by atoms with Crippen LogP contribution in [0.5, 0.6) is 0 Å². The molecule has 0 bridgehead atoms. The van der Waals surface area contributed by atoms with Crippen LogP contribution in [0.15, 0.2) is 18.2 Å². The minimum Gasteiger partial charge on any atom is -0.325 e. The molecular formula is C15H18ClIN2. The highest BCUT2D eigenvalue weighted by atomic mass is 127. The van der Waals surface area contributed by atoms with E-state index in [1.165, 1.54) is 28.3 Å². The average Bonchev–Trinajstić information content (AvgIpc) is 2.92. The van der Waals surface area contributed by atoms with Crippen LogP contribution in [0.2, 0.25) is 0 Å². The fraction of sp³-hybridized carbons (Fsp3) is 0.533. The second-order valence-corrected chi connectivity index (χ2v) is 7.17. The Hall–Kier alpha value is -0.290. The van der Waals surface area contributed by atoms with Gasteiger partial charge < -0.3 is 4.57 Å². The molecule has 1 saturated carbocycles. The lowest BCUT2D eigenvalue weighted by atomic mass is 10.1. The third kappa shape index (κ3) is 2.64. The van der Waals surface area contributed by atoms with E-state index in [-0.39, 0.29) is 0 Å². The average molecular weight is 389 g/mol. The molecule has 0 spiro atoms. The predicted molar refractivity (Wildman–Crippen MR) is 88.9 cm³/mol. The van der Waals surface area contributed by atoms with Crippen molar-refractivity contribution in [3.63, 3.8) is 0 Å². The van der Waals surface area contributed by atoms with E-state index in [9.17, 15) is 0 Å². The molecule has 1 aromatic carbocycles. The first-order chi connectivity index (χ1) is 9.19. The maximum absolute atomic E-state index is 5.95. The van der Waals surface area contributed by atoms with E-state index in [0.717, 1.165) is 23.7 Å². The Bertz CT molecular complexity index is 593. The lowest BCUT2D eigenvalue weighted by molar-refractivity contribution is 0.490. The minimum absolute atomic E-state index is 0.610. The Morgan fingerprint density at radius 1 is 1.42 bits per heavy atom. The number of nitrogens with zero attached hydrogens (tertiary/aromatic N) is 2. The Balaban J connectivity index is 2.11. The summed E-state index contributed by atoms with van der Waals surface area (Å²) in [5.41, 5.74) is 2.39. The summed E-state index contributed by atoms with van der Waals surface area (Å²) in [6.45, 7) is 2.35. The number of aryl methyl sites for hydroxylation is 1. The molecule has 3 rings (SSSR count). The zero-order valence-electron chi connectivity index (χ0n) is 11.1. The number of fused-ring (bicyclic) bond motifs is 1. The SMILES string of the molecule is CC1CCC(n2c(CCCl)nc3cc(I)ccc32)C1. The smallest absolute Gasteiger partial charge is 0.111 e. The molecule has 0 aliphatic heterocycles. The molecule has 2 atom stereocenters. The van der Waals surface area contributed by atoms with Gasteiger partial charge in [0, 0.05) is 21.9 Å². The third-order valence-corrected chi connectivity index (χ3v) is 4.93. The van der Waals surface area contributed by atoms with Crippen molar-refractivity contribution in [3.05, 3.63) is 27.6 Å². The number of imidazole rings is 1. The van der Waals surface area contributed by atoms with Gasteiger partial charge in [-0.1, -0.05) is 6.92 Å². The van der Waals surface area contributed by atoms with Gasteiger partial charge in [0.25, 0.3) is 0 Å². The maximum atomic E-state index is 5.95. The van der Waals surface area contributed by atoms with Crippen LogP contribution < -0.4 is 0 Å². The van der Waals surface area contributed by atoms with Crippen LogP contribution in [-0.4, -0.2) is 15.4 Å². The summed E-state index contributed by atoms with van der Waals surface area (Å²) >= 11 is 8.29. The maximum Gasteiger partial charge on any atom is 0.111 e. The molecule has 1 aromatic heterocycles. The van der Waals surface area contributed by atoms with Gasteiger partial charge in [-0.3, -0.25) is 0 Å². The van der Waals surface area contributed by atoms with Crippen LogP contribution in [0.1, 0.15) is 38.1 Å². The van der Waals surface area contributed by atoms with E-state index in [1.54, 1.807) is 0 Å². The Labute approximate surface area is 132 Å². The molecule has 0 N–H and O–H groups in total. The van der Waals surface area contributed by atoms with Crippen molar-refractivity contribution in [1.82, 2.24) is 9.55 Å². The molecule has 1 aliphatic carbocycles. The van der Waals surface area contributed by atoms with Gasteiger partial charge in [0.1, 0.15) is 5.82 Å². The summed E-state index contributed by atoms with van der Waals surface area (Å²) in [7, 11) is 0. The molecule has 1 fully saturated rings. The summed E-state index contributed by atoms with van der Waals surface area (Å²) in [6.07, 6.45) is 4.73. The molecule has 0 saturated heterocycles. The molecule has 1 aliphatic rings. The van der Waals surface area contributed by atoms with Crippen molar-refractivity contribution in [2.45, 2.75) is 38.6 Å². The standard InChI is InChI=1S/C15H18ClIN2/c1-10-2-4-12(8-10)19-14-5-3-11(17)9-13(14)18-15(19)6-7-16/h3,5,9-10,12H,2,4,6-8H2,1H3. The van der Waals surface area contributed by atoms with E-state index >= 15 is 0 Å².